The van der Waals surface area contributed by atoms with E-state index in [1.165, 1.54) is 12.1 Å². The zero-order valence-electron chi connectivity index (χ0n) is 16.2. The monoisotopic (exact) mass is 433 g/mol. The van der Waals surface area contributed by atoms with Gasteiger partial charge in [0, 0.05) is 18.7 Å². The third kappa shape index (κ3) is 4.59. The van der Waals surface area contributed by atoms with Crippen molar-refractivity contribution < 1.29 is 27.1 Å². The van der Waals surface area contributed by atoms with E-state index in [4.69, 9.17) is 14.7 Å². The molecule has 1 aliphatic heterocycles. The number of ether oxygens (including phenoxy) is 2. The Morgan fingerprint density at radius 3 is 2.67 bits per heavy atom. The van der Waals surface area contributed by atoms with Crippen molar-refractivity contribution in [3.8, 4) is 11.8 Å². The lowest BCUT2D eigenvalue weighted by Gasteiger charge is -2.26. The molecular formula is C20H20FN3O5S. The second-order valence-electron chi connectivity index (χ2n) is 6.37. The summed E-state index contributed by atoms with van der Waals surface area (Å²) < 4.78 is 51.7. The molecule has 0 unspecified atom stereocenters. The zero-order chi connectivity index (χ0) is 21.7. The predicted molar refractivity (Wildman–Crippen MR) is 106 cm³/mol. The molecule has 0 atom stereocenters. The summed E-state index contributed by atoms with van der Waals surface area (Å²) in [6.07, 6.45) is 0. The van der Waals surface area contributed by atoms with Crippen molar-refractivity contribution in [2.75, 3.05) is 38.2 Å². The molecule has 3 rings (SSSR count). The Balaban J connectivity index is 1.91. The molecule has 2 aromatic carbocycles. The van der Waals surface area contributed by atoms with Gasteiger partial charge in [-0.2, -0.15) is 9.57 Å². The van der Waals surface area contributed by atoms with Crippen molar-refractivity contribution >= 4 is 21.6 Å². The number of halogens is 1. The molecule has 0 aliphatic carbocycles. The average Bonchev–Trinajstić information content (AvgIpc) is 2.75. The van der Waals surface area contributed by atoms with E-state index in [2.05, 4.69) is 5.32 Å². The first kappa shape index (κ1) is 21.7. The Morgan fingerprint density at radius 1 is 1.27 bits per heavy atom. The molecule has 0 radical (unpaired) electrons. The quantitative estimate of drug-likeness (QED) is 0.749. The number of anilines is 1. The number of benzene rings is 2. The number of carbonyl (C=O) groups is 1. The molecule has 8 nitrogen and oxygen atoms in total. The minimum atomic E-state index is -4.12. The molecule has 1 aliphatic rings. The Bertz CT molecular complexity index is 1090. The second-order valence-corrected chi connectivity index (χ2v) is 8.28. The van der Waals surface area contributed by atoms with Crippen LogP contribution in [-0.2, 0) is 14.8 Å². The van der Waals surface area contributed by atoms with E-state index in [1.807, 2.05) is 6.07 Å². The van der Waals surface area contributed by atoms with Gasteiger partial charge in [0.1, 0.15) is 16.5 Å². The summed E-state index contributed by atoms with van der Waals surface area (Å²) >= 11 is 0. The number of hydrogen-bond acceptors (Lipinski definition) is 6. The van der Waals surface area contributed by atoms with Crippen LogP contribution in [0.15, 0.2) is 41.3 Å². The molecule has 0 bridgehead atoms. The number of nitrogens with one attached hydrogen (secondary N) is 1. The molecule has 1 amide bonds. The summed E-state index contributed by atoms with van der Waals surface area (Å²) in [5.74, 6) is -1.25. The molecule has 1 saturated heterocycles. The van der Waals surface area contributed by atoms with Crippen molar-refractivity contribution in [1.29, 1.82) is 5.26 Å². The van der Waals surface area contributed by atoms with E-state index in [1.54, 1.807) is 19.1 Å². The van der Waals surface area contributed by atoms with Crippen molar-refractivity contribution in [2.45, 2.75) is 11.8 Å². The van der Waals surface area contributed by atoms with E-state index in [0.717, 1.165) is 16.4 Å². The van der Waals surface area contributed by atoms with Gasteiger partial charge in [-0.3, -0.25) is 4.79 Å². The van der Waals surface area contributed by atoms with E-state index >= 15 is 0 Å². The standard InChI is InChI=1S/C20H20FN3O5S/c1-2-29-18-6-3-14(13-22)11-17(18)23-20(25)15-4-5-16(21)19(12-15)30(26,27)24-7-9-28-10-8-24/h3-6,11-12H,2,7-10H2,1H3,(H,23,25). The van der Waals surface area contributed by atoms with Crippen LogP contribution in [0, 0.1) is 17.1 Å². The Morgan fingerprint density at radius 2 is 2.00 bits per heavy atom. The van der Waals surface area contributed by atoms with Crippen molar-refractivity contribution in [1.82, 2.24) is 4.31 Å². The molecule has 10 heteroatoms. The summed E-state index contributed by atoms with van der Waals surface area (Å²) in [4.78, 5) is 12.2. The number of morpholine rings is 1. The van der Waals surface area contributed by atoms with Crippen molar-refractivity contribution in [3.63, 3.8) is 0 Å². The lowest BCUT2D eigenvalue weighted by molar-refractivity contribution is 0.0729. The largest absolute Gasteiger partial charge is 0.492 e. The maximum atomic E-state index is 14.3. The highest BCUT2D eigenvalue weighted by Gasteiger charge is 2.30. The maximum absolute atomic E-state index is 14.3. The van der Waals surface area contributed by atoms with E-state index in [-0.39, 0.29) is 37.6 Å². The van der Waals surface area contributed by atoms with Crippen LogP contribution in [0.3, 0.4) is 0 Å². The Hall–Kier alpha value is -3.00. The Labute approximate surface area is 173 Å². The lowest BCUT2D eigenvalue weighted by atomic mass is 10.1. The molecular weight excluding hydrogens is 413 g/mol. The first-order valence-corrected chi connectivity index (χ1v) is 10.7. The predicted octanol–water partition coefficient (Wildman–Crippen LogP) is 2.37. The molecule has 30 heavy (non-hydrogen) atoms. The topological polar surface area (TPSA) is 109 Å². The molecule has 2 aromatic rings. The zero-order valence-corrected chi connectivity index (χ0v) is 17.0. The third-order valence-corrected chi connectivity index (χ3v) is 6.35. The fourth-order valence-corrected chi connectivity index (χ4v) is 4.44. The summed E-state index contributed by atoms with van der Waals surface area (Å²) in [7, 11) is -4.12. The van der Waals surface area contributed by atoms with Crippen molar-refractivity contribution in [2.24, 2.45) is 0 Å². The molecule has 0 aromatic heterocycles. The maximum Gasteiger partial charge on any atom is 0.255 e. The molecule has 158 valence electrons. The Kier molecular flexibility index (Phi) is 6.66. The van der Waals surface area contributed by atoms with Crippen LogP contribution in [-0.4, -0.2) is 51.5 Å². The fraction of sp³-hybridized carbons (Fsp3) is 0.300. The van der Waals surface area contributed by atoms with Gasteiger partial charge in [-0.15, -0.1) is 0 Å². The minimum absolute atomic E-state index is 0.0481. The highest BCUT2D eigenvalue weighted by atomic mass is 32.2. The van der Waals surface area contributed by atoms with E-state index < -0.39 is 26.6 Å². The SMILES string of the molecule is CCOc1ccc(C#N)cc1NC(=O)c1ccc(F)c(S(=O)(=O)N2CCOCC2)c1. The smallest absolute Gasteiger partial charge is 0.255 e. The highest BCUT2D eigenvalue weighted by molar-refractivity contribution is 7.89. The molecule has 1 fully saturated rings. The normalized spacial score (nSPS) is 14.7. The fourth-order valence-electron chi connectivity index (χ4n) is 2.94. The molecule has 1 N–H and O–H groups in total. The van der Waals surface area contributed by atoms with Gasteiger partial charge >= 0.3 is 0 Å². The highest BCUT2D eigenvalue weighted by Crippen LogP contribution is 2.27. The molecule has 1 heterocycles. The van der Waals surface area contributed by atoms with Gasteiger partial charge < -0.3 is 14.8 Å². The van der Waals surface area contributed by atoms with Crippen LogP contribution in [0.1, 0.15) is 22.8 Å². The summed E-state index contributed by atoms with van der Waals surface area (Å²) in [5.41, 5.74) is 0.513. The minimum Gasteiger partial charge on any atom is -0.492 e. The summed E-state index contributed by atoms with van der Waals surface area (Å²) in [5, 5.41) is 11.7. The van der Waals surface area contributed by atoms with Crippen molar-refractivity contribution in [3.05, 3.63) is 53.3 Å². The van der Waals surface area contributed by atoms with Gasteiger partial charge in [0.2, 0.25) is 10.0 Å². The first-order chi connectivity index (χ1) is 14.4. The van der Waals surface area contributed by atoms with Crippen LogP contribution in [0.4, 0.5) is 10.1 Å². The third-order valence-electron chi connectivity index (χ3n) is 4.44. The van der Waals surface area contributed by atoms with Crippen LogP contribution in [0.25, 0.3) is 0 Å². The van der Waals surface area contributed by atoms with Gasteiger partial charge in [0.25, 0.3) is 5.91 Å². The molecule has 0 saturated carbocycles. The number of carbonyl (C=O) groups excluding carboxylic acids is 1. The van der Waals surface area contributed by atoms with Gasteiger partial charge in [-0.25, -0.2) is 12.8 Å². The van der Waals surface area contributed by atoms with Crippen LogP contribution >= 0.6 is 0 Å². The van der Waals surface area contributed by atoms with Crippen LogP contribution in [0.5, 0.6) is 5.75 Å². The number of sulfonamides is 1. The first-order valence-electron chi connectivity index (χ1n) is 9.22. The lowest BCUT2D eigenvalue weighted by Crippen LogP contribution is -2.41. The molecule has 0 spiro atoms. The van der Waals surface area contributed by atoms with Crippen LogP contribution < -0.4 is 10.1 Å². The van der Waals surface area contributed by atoms with Gasteiger partial charge in [-0.1, -0.05) is 0 Å². The second kappa shape index (κ2) is 9.21. The number of nitriles is 1. The summed E-state index contributed by atoms with van der Waals surface area (Å²) in [6, 6.07) is 9.65. The average molecular weight is 433 g/mol. The van der Waals surface area contributed by atoms with Gasteiger partial charge in [0.05, 0.1) is 37.1 Å². The number of rotatable bonds is 6. The van der Waals surface area contributed by atoms with Gasteiger partial charge in [0.15, 0.2) is 0 Å². The summed E-state index contributed by atoms with van der Waals surface area (Å²) in [6.45, 7) is 2.76. The van der Waals surface area contributed by atoms with E-state index in [0.29, 0.717) is 17.9 Å². The number of nitrogens with zero attached hydrogens (tertiary/aromatic N) is 2. The number of amides is 1. The van der Waals surface area contributed by atoms with Gasteiger partial charge in [-0.05, 0) is 43.3 Å². The number of hydrogen-bond donors (Lipinski definition) is 1. The van der Waals surface area contributed by atoms with Crippen LogP contribution in [0.2, 0.25) is 0 Å². The van der Waals surface area contributed by atoms with E-state index in [9.17, 15) is 17.6 Å².